The van der Waals surface area contributed by atoms with Gasteiger partial charge in [0.05, 0.1) is 30.4 Å². The van der Waals surface area contributed by atoms with E-state index in [1.54, 1.807) is 0 Å². The summed E-state index contributed by atoms with van der Waals surface area (Å²) < 4.78 is 17.1. The summed E-state index contributed by atoms with van der Waals surface area (Å²) in [6.07, 6.45) is 3.44. The largest absolute Gasteiger partial charge is 0.492 e. The van der Waals surface area contributed by atoms with Crippen LogP contribution < -0.4 is 5.73 Å². The minimum absolute atomic E-state index is 0.0342. The van der Waals surface area contributed by atoms with E-state index in [4.69, 9.17) is 19.9 Å². The van der Waals surface area contributed by atoms with Gasteiger partial charge in [-0.25, -0.2) is 0 Å². The monoisotopic (exact) mass is 375 g/mol. The molecule has 2 atom stereocenters. The number of allylic oxidation sites excluding steroid dienone is 1. The maximum absolute atomic E-state index is 12.1. The van der Waals surface area contributed by atoms with Crippen molar-refractivity contribution >= 4 is 5.97 Å². The summed E-state index contributed by atoms with van der Waals surface area (Å²) in [5.41, 5.74) is 9.04. The second-order valence-electron chi connectivity index (χ2n) is 7.64. The van der Waals surface area contributed by atoms with Crippen molar-refractivity contribution in [3.63, 3.8) is 0 Å². The molecule has 2 unspecified atom stereocenters. The van der Waals surface area contributed by atoms with Crippen LogP contribution in [0.2, 0.25) is 0 Å². The topological polar surface area (TPSA) is 70.8 Å². The van der Waals surface area contributed by atoms with Crippen LogP contribution >= 0.6 is 0 Å². The van der Waals surface area contributed by atoms with E-state index in [9.17, 15) is 4.79 Å². The van der Waals surface area contributed by atoms with Crippen LogP contribution in [0.3, 0.4) is 0 Å². The molecule has 0 spiro atoms. The van der Waals surface area contributed by atoms with Gasteiger partial charge in [-0.1, -0.05) is 36.2 Å². The number of esters is 1. The second-order valence-corrected chi connectivity index (χ2v) is 7.64. The summed E-state index contributed by atoms with van der Waals surface area (Å²) in [7, 11) is 0. The number of carbonyl (C=O) groups is 1. The maximum atomic E-state index is 12.1. The molecule has 0 amide bonds. The molecule has 150 valence electrons. The van der Waals surface area contributed by atoms with Crippen LogP contribution in [0.1, 0.15) is 57.6 Å². The molecule has 1 aliphatic rings. The van der Waals surface area contributed by atoms with Crippen LogP contribution in [0.4, 0.5) is 0 Å². The molecule has 5 nitrogen and oxygen atoms in total. The van der Waals surface area contributed by atoms with Gasteiger partial charge >= 0.3 is 5.97 Å². The zero-order chi connectivity index (χ0) is 19.8. The van der Waals surface area contributed by atoms with Crippen LogP contribution in [-0.2, 0) is 25.6 Å². The van der Waals surface area contributed by atoms with Crippen LogP contribution in [0.25, 0.3) is 0 Å². The van der Waals surface area contributed by atoms with Crippen molar-refractivity contribution in [1.29, 1.82) is 0 Å². The minimum atomic E-state index is -0.112. The number of hydrogen-bond donors (Lipinski definition) is 1. The average molecular weight is 376 g/mol. The lowest BCUT2D eigenvalue weighted by Crippen LogP contribution is -2.31. The number of ether oxygens (including phenoxy) is 3. The number of nitrogens with two attached hydrogens (primary N) is 1. The smallest absolute Gasteiger partial charge is 0.309 e. The van der Waals surface area contributed by atoms with Gasteiger partial charge in [-0.05, 0) is 52.5 Å². The van der Waals surface area contributed by atoms with Gasteiger partial charge in [0.15, 0.2) is 0 Å². The van der Waals surface area contributed by atoms with E-state index < -0.39 is 0 Å². The van der Waals surface area contributed by atoms with E-state index in [2.05, 4.69) is 19.1 Å². The van der Waals surface area contributed by atoms with Gasteiger partial charge in [-0.3, -0.25) is 4.79 Å². The van der Waals surface area contributed by atoms with E-state index >= 15 is 0 Å². The molecule has 1 aromatic carbocycles. The summed E-state index contributed by atoms with van der Waals surface area (Å²) in [6, 6.07) is 8.23. The molecule has 0 radical (unpaired) electrons. The molecule has 2 N–H and O–H groups in total. The highest BCUT2D eigenvalue weighted by Crippen LogP contribution is 2.28. The van der Waals surface area contributed by atoms with Gasteiger partial charge in [0.2, 0.25) is 0 Å². The Morgan fingerprint density at radius 2 is 1.93 bits per heavy atom. The van der Waals surface area contributed by atoms with Gasteiger partial charge in [0, 0.05) is 0 Å². The normalized spacial score (nSPS) is 20.9. The van der Waals surface area contributed by atoms with Crippen molar-refractivity contribution < 1.29 is 19.0 Å². The van der Waals surface area contributed by atoms with E-state index in [1.807, 2.05) is 32.9 Å². The minimum Gasteiger partial charge on any atom is -0.492 e. The highest BCUT2D eigenvalue weighted by atomic mass is 16.5. The summed E-state index contributed by atoms with van der Waals surface area (Å²) in [5, 5.41) is 0. The lowest BCUT2D eigenvalue weighted by atomic mass is 9.87. The number of aryl methyl sites for hydroxylation is 1. The molecular formula is C22H33NO4. The van der Waals surface area contributed by atoms with E-state index in [0.717, 1.165) is 24.8 Å². The number of benzene rings is 1. The molecular weight excluding hydrogens is 342 g/mol. The lowest BCUT2D eigenvalue weighted by molar-refractivity contribution is -0.155. The van der Waals surface area contributed by atoms with E-state index in [1.165, 1.54) is 5.56 Å². The van der Waals surface area contributed by atoms with Crippen molar-refractivity contribution in [2.24, 2.45) is 11.7 Å². The van der Waals surface area contributed by atoms with Crippen molar-refractivity contribution in [2.45, 2.75) is 72.2 Å². The second kappa shape index (κ2) is 10.4. The number of carbonyl (C=O) groups excluding carboxylic acids is 1. The first-order chi connectivity index (χ1) is 12.8. The molecule has 1 aliphatic carbocycles. The number of hydrogen-bond acceptors (Lipinski definition) is 5. The van der Waals surface area contributed by atoms with Crippen LogP contribution in [0.5, 0.6) is 0 Å². The summed E-state index contributed by atoms with van der Waals surface area (Å²) >= 11 is 0. The van der Waals surface area contributed by atoms with Crippen LogP contribution in [0.15, 0.2) is 35.7 Å². The standard InChI is InChI=1S/C22H33NO4/c1-15(2)27-22(24)19-6-5-7-20(12-19)26-14-21(23)17(4)25-13-18-10-8-16(3)9-11-18/h8-11,15,19-20H,5-7,12-14,23H2,1-4H3/b21-17-. The Hall–Kier alpha value is -2.01. The van der Waals surface area contributed by atoms with Gasteiger partial charge in [-0.2, -0.15) is 0 Å². The van der Waals surface area contributed by atoms with E-state index in [-0.39, 0.29) is 24.1 Å². The molecule has 1 fully saturated rings. The van der Waals surface area contributed by atoms with Gasteiger partial charge in [0.25, 0.3) is 0 Å². The van der Waals surface area contributed by atoms with Gasteiger partial charge in [-0.15, -0.1) is 0 Å². The zero-order valence-electron chi connectivity index (χ0n) is 17.0. The molecule has 5 heteroatoms. The first-order valence-corrected chi connectivity index (χ1v) is 9.80. The summed E-state index contributed by atoms with van der Waals surface area (Å²) in [5.74, 6) is 0.497. The molecule has 0 bridgehead atoms. The predicted molar refractivity (Wildman–Crippen MR) is 106 cm³/mol. The van der Waals surface area contributed by atoms with Gasteiger partial charge in [0.1, 0.15) is 12.4 Å². The highest BCUT2D eigenvalue weighted by molar-refractivity contribution is 5.72. The predicted octanol–water partition coefficient (Wildman–Crippen LogP) is 4.23. The van der Waals surface area contributed by atoms with Gasteiger partial charge < -0.3 is 19.9 Å². The average Bonchev–Trinajstić information content (AvgIpc) is 2.65. The molecule has 0 aliphatic heterocycles. The van der Waals surface area contributed by atoms with Crippen molar-refractivity contribution in [3.8, 4) is 0 Å². The third-order valence-electron chi connectivity index (χ3n) is 4.81. The Bertz CT molecular complexity index is 636. The fourth-order valence-corrected chi connectivity index (χ4v) is 3.12. The Morgan fingerprint density at radius 1 is 1.22 bits per heavy atom. The molecule has 0 aromatic heterocycles. The van der Waals surface area contributed by atoms with E-state index in [0.29, 0.717) is 31.1 Å². The fourth-order valence-electron chi connectivity index (χ4n) is 3.12. The Labute approximate surface area is 162 Å². The molecule has 0 saturated heterocycles. The fraction of sp³-hybridized carbons (Fsp3) is 0.591. The quantitative estimate of drug-likeness (QED) is 0.544. The third-order valence-corrected chi connectivity index (χ3v) is 4.81. The molecule has 27 heavy (non-hydrogen) atoms. The first kappa shape index (κ1) is 21.3. The van der Waals surface area contributed by atoms with Crippen LogP contribution in [-0.4, -0.2) is 24.8 Å². The Morgan fingerprint density at radius 3 is 2.59 bits per heavy atom. The van der Waals surface area contributed by atoms with Crippen molar-refractivity contribution in [2.75, 3.05) is 6.61 Å². The number of rotatable bonds is 8. The molecule has 0 heterocycles. The maximum Gasteiger partial charge on any atom is 0.309 e. The Kier molecular flexibility index (Phi) is 8.17. The third kappa shape index (κ3) is 7.25. The van der Waals surface area contributed by atoms with Crippen molar-refractivity contribution in [3.05, 3.63) is 46.8 Å². The summed E-state index contributed by atoms with van der Waals surface area (Å²) in [6.45, 7) is 8.47. The Balaban J connectivity index is 1.78. The summed E-state index contributed by atoms with van der Waals surface area (Å²) in [4.78, 5) is 12.1. The highest BCUT2D eigenvalue weighted by Gasteiger charge is 2.29. The lowest BCUT2D eigenvalue weighted by Gasteiger charge is -2.28. The molecule has 1 saturated carbocycles. The molecule has 2 rings (SSSR count). The SMILES string of the molecule is C/C(OCc1ccc(C)cc1)=C(/N)COC1CCCC(C(=O)OC(C)C)C1. The first-order valence-electron chi connectivity index (χ1n) is 9.80. The zero-order valence-corrected chi connectivity index (χ0v) is 17.0. The van der Waals surface area contributed by atoms with Crippen molar-refractivity contribution in [1.82, 2.24) is 0 Å². The molecule has 1 aromatic rings. The van der Waals surface area contributed by atoms with Crippen LogP contribution in [0, 0.1) is 12.8 Å².